The molecule has 4 rings (SSSR count). The summed E-state index contributed by atoms with van der Waals surface area (Å²) in [5, 5.41) is 7.01. The molecule has 0 radical (unpaired) electrons. The second-order valence-electron chi connectivity index (χ2n) is 6.77. The fourth-order valence-electron chi connectivity index (χ4n) is 3.49. The highest BCUT2D eigenvalue weighted by Gasteiger charge is 2.22. The van der Waals surface area contributed by atoms with E-state index in [9.17, 15) is 0 Å². The molecule has 0 saturated carbocycles. The average molecular weight is 364 g/mol. The second kappa shape index (κ2) is 7.75. The first-order valence-corrected chi connectivity index (χ1v) is 9.18. The average Bonchev–Trinajstić information content (AvgIpc) is 2.71. The minimum absolute atomic E-state index is 0.434. The number of nitrogens with one attached hydrogen (secondary N) is 2. The van der Waals surface area contributed by atoms with E-state index in [0.29, 0.717) is 12.6 Å². The van der Waals surface area contributed by atoms with Crippen molar-refractivity contribution < 1.29 is 4.74 Å². The number of piperazine rings is 1. The largest absolute Gasteiger partial charge is 0.493 e. The van der Waals surface area contributed by atoms with Crippen molar-refractivity contribution in [1.82, 2.24) is 20.3 Å². The Balaban J connectivity index is 1.59. The van der Waals surface area contributed by atoms with Crippen molar-refractivity contribution in [2.75, 3.05) is 37.0 Å². The Hall–Kier alpha value is -2.93. The fraction of sp³-hybridized carbons (Fsp3) is 0.350. The zero-order valence-corrected chi connectivity index (χ0v) is 15.6. The Morgan fingerprint density at radius 2 is 2.07 bits per heavy atom. The lowest BCUT2D eigenvalue weighted by Gasteiger charge is -2.35. The van der Waals surface area contributed by atoms with E-state index in [1.165, 1.54) is 0 Å². The van der Waals surface area contributed by atoms with Gasteiger partial charge in [-0.15, -0.1) is 0 Å². The van der Waals surface area contributed by atoms with E-state index in [4.69, 9.17) is 4.74 Å². The number of benzene rings is 1. The van der Waals surface area contributed by atoms with Crippen molar-refractivity contribution in [2.45, 2.75) is 19.5 Å². The van der Waals surface area contributed by atoms with Crippen LogP contribution in [0.15, 0.2) is 43.0 Å². The molecule has 27 heavy (non-hydrogen) atoms. The number of hydrogen-bond acceptors (Lipinski definition) is 7. The van der Waals surface area contributed by atoms with Crippen molar-refractivity contribution in [1.29, 1.82) is 0 Å². The normalized spacial score (nSPS) is 17.1. The van der Waals surface area contributed by atoms with Gasteiger partial charge in [-0.25, -0.2) is 0 Å². The number of aromatic nitrogens is 3. The lowest BCUT2D eigenvalue weighted by atomic mass is 10.1. The molecule has 7 nitrogen and oxygen atoms in total. The van der Waals surface area contributed by atoms with E-state index >= 15 is 0 Å². The molecular formula is C20H24N6O. The number of fused-ring (bicyclic) bond motifs is 1. The van der Waals surface area contributed by atoms with Gasteiger partial charge in [-0.05, 0) is 24.6 Å². The molecule has 0 bridgehead atoms. The number of anilines is 2. The molecule has 0 amide bonds. The van der Waals surface area contributed by atoms with Gasteiger partial charge >= 0.3 is 0 Å². The molecule has 140 valence electrons. The Kier molecular flexibility index (Phi) is 5.02. The maximum atomic E-state index is 5.60. The van der Waals surface area contributed by atoms with Gasteiger partial charge in [0.25, 0.3) is 0 Å². The fourth-order valence-corrected chi connectivity index (χ4v) is 3.49. The van der Waals surface area contributed by atoms with Crippen LogP contribution in [0.25, 0.3) is 11.0 Å². The van der Waals surface area contributed by atoms with Gasteiger partial charge in [-0.2, -0.15) is 0 Å². The topological polar surface area (TPSA) is 75.2 Å². The standard InChI is InChI=1S/C20H24N6O/c1-14-13-26(8-7-22-14)20-18(11-21-12-19(20)27-2)25-10-15-3-4-16-17(9-15)24-6-5-23-16/h3-6,9,11-12,14,22,25H,7-8,10,13H2,1-2H3. The van der Waals surface area contributed by atoms with Crippen LogP contribution in [0.5, 0.6) is 5.75 Å². The van der Waals surface area contributed by atoms with Gasteiger partial charge in [0.2, 0.25) is 0 Å². The van der Waals surface area contributed by atoms with E-state index in [-0.39, 0.29) is 0 Å². The lowest BCUT2D eigenvalue weighted by molar-refractivity contribution is 0.408. The number of nitrogens with zero attached hydrogens (tertiary/aromatic N) is 4. The molecule has 3 heterocycles. The van der Waals surface area contributed by atoms with E-state index in [0.717, 1.165) is 53.4 Å². The van der Waals surface area contributed by atoms with Gasteiger partial charge in [-0.3, -0.25) is 15.0 Å². The molecule has 1 unspecified atom stereocenters. The van der Waals surface area contributed by atoms with Crippen LogP contribution in [-0.2, 0) is 6.54 Å². The molecule has 1 aliphatic rings. The molecule has 1 aromatic carbocycles. The summed E-state index contributed by atoms with van der Waals surface area (Å²) in [6.45, 7) is 5.69. The molecule has 3 aromatic rings. The highest BCUT2D eigenvalue weighted by molar-refractivity contribution is 5.77. The molecule has 0 aliphatic carbocycles. The summed E-state index contributed by atoms with van der Waals surface area (Å²) in [5.74, 6) is 0.790. The molecule has 1 saturated heterocycles. The molecule has 7 heteroatoms. The summed E-state index contributed by atoms with van der Waals surface area (Å²) in [6, 6.07) is 6.57. The molecule has 1 fully saturated rings. The Morgan fingerprint density at radius 3 is 2.89 bits per heavy atom. The Labute approximate surface area is 158 Å². The quantitative estimate of drug-likeness (QED) is 0.720. The molecule has 2 aromatic heterocycles. The van der Waals surface area contributed by atoms with Crippen LogP contribution in [0.2, 0.25) is 0 Å². The SMILES string of the molecule is COc1cncc(NCc2ccc3nccnc3c2)c1N1CCNC(C)C1. The van der Waals surface area contributed by atoms with E-state index in [1.807, 2.05) is 12.3 Å². The summed E-state index contributed by atoms with van der Waals surface area (Å²) >= 11 is 0. The molecule has 1 aliphatic heterocycles. The Bertz CT molecular complexity index is 931. The smallest absolute Gasteiger partial charge is 0.162 e. The maximum Gasteiger partial charge on any atom is 0.162 e. The summed E-state index contributed by atoms with van der Waals surface area (Å²) < 4.78 is 5.60. The van der Waals surface area contributed by atoms with Crippen molar-refractivity contribution >= 4 is 22.4 Å². The second-order valence-corrected chi connectivity index (χ2v) is 6.77. The first kappa shape index (κ1) is 17.5. The molecule has 0 spiro atoms. The van der Waals surface area contributed by atoms with Gasteiger partial charge < -0.3 is 20.3 Å². The monoisotopic (exact) mass is 364 g/mol. The van der Waals surface area contributed by atoms with E-state index < -0.39 is 0 Å². The van der Waals surface area contributed by atoms with Crippen LogP contribution >= 0.6 is 0 Å². The van der Waals surface area contributed by atoms with Crippen molar-refractivity contribution in [3.63, 3.8) is 0 Å². The van der Waals surface area contributed by atoms with Crippen molar-refractivity contribution in [3.8, 4) is 5.75 Å². The van der Waals surface area contributed by atoms with Gasteiger partial charge in [0.1, 0.15) is 5.69 Å². The predicted octanol–water partition coefficient (Wildman–Crippen LogP) is 2.44. The number of methoxy groups -OCH3 is 1. The number of rotatable bonds is 5. The van der Waals surface area contributed by atoms with Crippen molar-refractivity contribution in [2.24, 2.45) is 0 Å². The van der Waals surface area contributed by atoms with E-state index in [2.05, 4.69) is 49.5 Å². The van der Waals surface area contributed by atoms with Crippen LogP contribution in [-0.4, -0.2) is 47.7 Å². The minimum atomic E-state index is 0.434. The van der Waals surface area contributed by atoms with Gasteiger partial charge in [0, 0.05) is 44.6 Å². The molecule has 2 N–H and O–H groups in total. The summed E-state index contributed by atoms with van der Waals surface area (Å²) in [7, 11) is 1.69. The van der Waals surface area contributed by atoms with Crippen LogP contribution in [0.1, 0.15) is 12.5 Å². The van der Waals surface area contributed by atoms with Crippen molar-refractivity contribution in [3.05, 3.63) is 48.5 Å². The van der Waals surface area contributed by atoms with Gasteiger partial charge in [0.15, 0.2) is 5.75 Å². The summed E-state index contributed by atoms with van der Waals surface area (Å²) in [6.07, 6.45) is 7.07. The minimum Gasteiger partial charge on any atom is -0.493 e. The highest BCUT2D eigenvalue weighted by atomic mass is 16.5. The third kappa shape index (κ3) is 3.78. The third-order valence-corrected chi connectivity index (χ3v) is 4.81. The summed E-state index contributed by atoms with van der Waals surface area (Å²) in [5.41, 5.74) is 4.99. The zero-order valence-electron chi connectivity index (χ0n) is 15.6. The first-order chi connectivity index (χ1) is 13.2. The third-order valence-electron chi connectivity index (χ3n) is 4.81. The molecular weight excluding hydrogens is 340 g/mol. The van der Waals surface area contributed by atoms with Crippen LogP contribution in [0, 0.1) is 0 Å². The van der Waals surface area contributed by atoms with E-state index in [1.54, 1.807) is 25.7 Å². The van der Waals surface area contributed by atoms with Crippen LogP contribution in [0.4, 0.5) is 11.4 Å². The number of ether oxygens (including phenoxy) is 1. The van der Waals surface area contributed by atoms with Gasteiger partial charge in [0.05, 0.1) is 36.2 Å². The number of hydrogen-bond donors (Lipinski definition) is 2. The molecule has 1 atom stereocenters. The summed E-state index contributed by atoms with van der Waals surface area (Å²) in [4.78, 5) is 15.4. The van der Waals surface area contributed by atoms with Crippen LogP contribution in [0.3, 0.4) is 0 Å². The lowest BCUT2D eigenvalue weighted by Crippen LogP contribution is -2.49. The maximum absolute atomic E-state index is 5.60. The first-order valence-electron chi connectivity index (χ1n) is 9.18. The zero-order chi connectivity index (χ0) is 18.6. The van der Waals surface area contributed by atoms with Crippen LogP contribution < -0.4 is 20.3 Å². The van der Waals surface area contributed by atoms with Gasteiger partial charge in [-0.1, -0.05) is 6.07 Å². The number of pyridine rings is 1. The Morgan fingerprint density at radius 1 is 1.22 bits per heavy atom. The highest BCUT2D eigenvalue weighted by Crippen LogP contribution is 2.36. The predicted molar refractivity (Wildman–Crippen MR) is 107 cm³/mol.